The van der Waals surface area contributed by atoms with E-state index < -0.39 is 5.79 Å². The van der Waals surface area contributed by atoms with Gasteiger partial charge in [0.25, 0.3) is 0 Å². The van der Waals surface area contributed by atoms with Crippen LogP contribution in [0.1, 0.15) is 24.8 Å². The van der Waals surface area contributed by atoms with Gasteiger partial charge in [-0.25, -0.2) is 0 Å². The van der Waals surface area contributed by atoms with Gasteiger partial charge in [-0.2, -0.15) is 5.26 Å². The van der Waals surface area contributed by atoms with Crippen LogP contribution in [0.5, 0.6) is 0 Å². The van der Waals surface area contributed by atoms with Crippen molar-refractivity contribution in [1.82, 2.24) is 4.90 Å². The maximum atomic E-state index is 12.7. The molecule has 0 bridgehead atoms. The molecule has 2 saturated heterocycles. The number of nitriles is 1. The molecule has 0 radical (unpaired) electrons. The van der Waals surface area contributed by atoms with E-state index in [-0.39, 0.29) is 23.7 Å². The molecule has 26 heavy (non-hydrogen) atoms. The normalized spacial score (nSPS) is 26.3. The Bertz CT molecular complexity index is 756. The lowest BCUT2D eigenvalue weighted by atomic mass is 10.0. The minimum absolute atomic E-state index is 0.0452. The Morgan fingerprint density at radius 1 is 1.19 bits per heavy atom. The summed E-state index contributed by atoms with van der Waals surface area (Å²) >= 11 is 0. The number of hydrogen-bond donors (Lipinski definition) is 1. The Balaban J connectivity index is 1.30. The maximum Gasteiger partial charge on any atom is 0.228 e. The van der Waals surface area contributed by atoms with Crippen molar-refractivity contribution in [2.75, 3.05) is 31.6 Å². The molecule has 1 saturated carbocycles. The highest BCUT2D eigenvalue weighted by Crippen LogP contribution is 2.42. The molecule has 7 heteroatoms. The Morgan fingerprint density at radius 2 is 1.92 bits per heavy atom. The number of ether oxygens (including phenoxy) is 2. The van der Waals surface area contributed by atoms with Crippen molar-refractivity contribution in [2.45, 2.75) is 25.0 Å². The first-order chi connectivity index (χ1) is 12.6. The van der Waals surface area contributed by atoms with E-state index in [4.69, 9.17) is 14.7 Å². The number of carbonyl (C=O) groups excluding carboxylic acids is 2. The fraction of sp³-hybridized carbons (Fsp3) is 0.526. The topological polar surface area (TPSA) is 91.7 Å². The molecule has 0 aromatic heterocycles. The smallest absolute Gasteiger partial charge is 0.228 e. The second-order valence-corrected chi connectivity index (χ2v) is 7.06. The van der Waals surface area contributed by atoms with E-state index in [2.05, 4.69) is 5.32 Å². The van der Waals surface area contributed by atoms with Gasteiger partial charge in [0.15, 0.2) is 5.79 Å². The van der Waals surface area contributed by atoms with Gasteiger partial charge >= 0.3 is 0 Å². The zero-order valence-electron chi connectivity index (χ0n) is 14.4. The summed E-state index contributed by atoms with van der Waals surface area (Å²) in [6.45, 7) is 2.44. The van der Waals surface area contributed by atoms with Crippen LogP contribution in [-0.4, -0.2) is 48.8 Å². The fourth-order valence-corrected chi connectivity index (χ4v) is 3.75. The van der Waals surface area contributed by atoms with Gasteiger partial charge in [-0.1, -0.05) is 6.07 Å². The van der Waals surface area contributed by atoms with Crippen LogP contribution in [0, 0.1) is 23.2 Å². The zero-order chi connectivity index (χ0) is 18.1. The number of anilines is 1. The van der Waals surface area contributed by atoms with Crippen LogP contribution in [-0.2, 0) is 19.1 Å². The van der Waals surface area contributed by atoms with Crippen LogP contribution in [0.4, 0.5) is 5.69 Å². The van der Waals surface area contributed by atoms with Crippen LogP contribution in [0.3, 0.4) is 0 Å². The quantitative estimate of drug-likeness (QED) is 0.887. The largest absolute Gasteiger partial charge is 0.347 e. The fourth-order valence-electron chi connectivity index (χ4n) is 3.75. The number of hydrogen-bond acceptors (Lipinski definition) is 5. The molecule has 2 atom stereocenters. The number of likely N-dealkylation sites (tertiary alicyclic amines) is 1. The summed E-state index contributed by atoms with van der Waals surface area (Å²) in [6.07, 6.45) is 1.95. The molecule has 1 aromatic rings. The molecule has 3 fully saturated rings. The predicted octanol–water partition coefficient (Wildman–Crippen LogP) is 1.50. The standard InChI is InChI=1S/C19H21N3O4/c20-12-13-2-1-3-14(10-13)21-17(23)15-11-16(15)18(24)22-6-4-19(5-7-22)25-8-9-26-19/h1-3,10,15-16H,4-9,11H2,(H,21,23). The van der Waals surface area contributed by atoms with Crippen LogP contribution >= 0.6 is 0 Å². The summed E-state index contributed by atoms with van der Waals surface area (Å²) in [6, 6.07) is 8.81. The van der Waals surface area contributed by atoms with Crippen LogP contribution < -0.4 is 5.32 Å². The molecule has 136 valence electrons. The molecule has 2 heterocycles. The second kappa shape index (κ2) is 6.71. The highest BCUT2D eigenvalue weighted by molar-refractivity contribution is 5.99. The lowest BCUT2D eigenvalue weighted by Crippen LogP contribution is -2.48. The first-order valence-electron chi connectivity index (χ1n) is 8.98. The molecule has 1 aliphatic carbocycles. The molecule has 2 unspecified atom stereocenters. The highest BCUT2D eigenvalue weighted by atomic mass is 16.7. The third-order valence-electron chi connectivity index (χ3n) is 5.35. The molecular formula is C19H21N3O4. The molecule has 1 spiro atoms. The second-order valence-electron chi connectivity index (χ2n) is 7.06. The predicted molar refractivity (Wildman–Crippen MR) is 91.8 cm³/mol. The Hall–Kier alpha value is -2.43. The van der Waals surface area contributed by atoms with E-state index >= 15 is 0 Å². The van der Waals surface area contributed by atoms with Gasteiger partial charge in [0, 0.05) is 31.6 Å². The first-order valence-corrected chi connectivity index (χ1v) is 8.98. The third kappa shape index (κ3) is 3.30. The molecule has 4 rings (SSSR count). The van der Waals surface area contributed by atoms with Gasteiger partial charge in [0.1, 0.15) is 0 Å². The molecule has 1 aromatic carbocycles. The van der Waals surface area contributed by atoms with E-state index in [1.54, 1.807) is 24.3 Å². The van der Waals surface area contributed by atoms with Crippen LogP contribution in [0.2, 0.25) is 0 Å². The minimum Gasteiger partial charge on any atom is -0.347 e. The zero-order valence-corrected chi connectivity index (χ0v) is 14.4. The molecule has 2 amide bonds. The van der Waals surface area contributed by atoms with Crippen LogP contribution in [0.15, 0.2) is 24.3 Å². The number of piperidine rings is 1. The monoisotopic (exact) mass is 355 g/mol. The third-order valence-corrected chi connectivity index (χ3v) is 5.35. The maximum absolute atomic E-state index is 12.7. The molecule has 1 N–H and O–H groups in total. The van der Waals surface area contributed by atoms with Gasteiger partial charge in [0.05, 0.1) is 36.7 Å². The molecular weight excluding hydrogens is 334 g/mol. The number of rotatable bonds is 3. The van der Waals surface area contributed by atoms with E-state index in [0.717, 1.165) is 0 Å². The Morgan fingerprint density at radius 3 is 2.62 bits per heavy atom. The van der Waals surface area contributed by atoms with Gasteiger partial charge in [-0.15, -0.1) is 0 Å². The average Bonchev–Trinajstić information content (AvgIpc) is 3.36. The highest BCUT2D eigenvalue weighted by Gasteiger charge is 2.51. The summed E-state index contributed by atoms with van der Waals surface area (Å²) in [5.74, 6) is -1.14. The number of amides is 2. The number of nitrogens with zero attached hydrogens (tertiary/aromatic N) is 2. The van der Waals surface area contributed by atoms with Crippen molar-refractivity contribution < 1.29 is 19.1 Å². The van der Waals surface area contributed by atoms with Crippen molar-refractivity contribution in [3.8, 4) is 6.07 Å². The van der Waals surface area contributed by atoms with Gasteiger partial charge in [-0.05, 0) is 24.6 Å². The van der Waals surface area contributed by atoms with Crippen molar-refractivity contribution in [2.24, 2.45) is 11.8 Å². The van der Waals surface area contributed by atoms with Crippen molar-refractivity contribution in [3.63, 3.8) is 0 Å². The van der Waals surface area contributed by atoms with E-state index in [1.807, 2.05) is 11.0 Å². The lowest BCUT2D eigenvalue weighted by molar-refractivity contribution is -0.187. The van der Waals surface area contributed by atoms with Crippen molar-refractivity contribution in [3.05, 3.63) is 29.8 Å². The van der Waals surface area contributed by atoms with Crippen molar-refractivity contribution >= 4 is 17.5 Å². The molecule has 3 aliphatic rings. The number of carbonyl (C=O) groups is 2. The van der Waals surface area contributed by atoms with Gasteiger partial charge in [-0.3, -0.25) is 9.59 Å². The van der Waals surface area contributed by atoms with Gasteiger partial charge < -0.3 is 19.7 Å². The summed E-state index contributed by atoms with van der Waals surface area (Å²) in [5, 5.41) is 11.7. The number of benzene rings is 1. The van der Waals surface area contributed by atoms with Crippen LogP contribution in [0.25, 0.3) is 0 Å². The lowest BCUT2D eigenvalue weighted by Gasteiger charge is -2.37. The summed E-state index contributed by atoms with van der Waals surface area (Å²) < 4.78 is 11.4. The SMILES string of the molecule is N#Cc1cccc(NC(=O)C2CC2C(=O)N2CCC3(CC2)OCCO3)c1. The number of nitrogens with one attached hydrogen (secondary N) is 1. The first kappa shape index (κ1) is 17.0. The Kier molecular flexibility index (Phi) is 4.39. The molecule has 2 aliphatic heterocycles. The summed E-state index contributed by atoms with van der Waals surface area (Å²) in [7, 11) is 0. The minimum atomic E-state index is -0.497. The summed E-state index contributed by atoms with van der Waals surface area (Å²) in [4.78, 5) is 26.8. The molecule has 7 nitrogen and oxygen atoms in total. The van der Waals surface area contributed by atoms with E-state index in [1.165, 1.54) is 0 Å². The van der Waals surface area contributed by atoms with E-state index in [0.29, 0.717) is 56.8 Å². The van der Waals surface area contributed by atoms with Crippen molar-refractivity contribution in [1.29, 1.82) is 5.26 Å². The Labute approximate surface area is 151 Å². The summed E-state index contributed by atoms with van der Waals surface area (Å²) in [5.41, 5.74) is 1.08. The average molecular weight is 355 g/mol. The van der Waals surface area contributed by atoms with Gasteiger partial charge in [0.2, 0.25) is 11.8 Å². The van der Waals surface area contributed by atoms with E-state index in [9.17, 15) is 9.59 Å².